The van der Waals surface area contributed by atoms with Crippen molar-refractivity contribution in [1.29, 1.82) is 0 Å². The van der Waals surface area contributed by atoms with Gasteiger partial charge in [0.1, 0.15) is 5.78 Å². The SMILES string of the molecule is CCC(=O)CCC(C(C)=O)N1C(=O)c2ccc(C)cc2C1=O.CCCCC(CC)OCC(OC)OC. The van der Waals surface area contributed by atoms with E-state index in [-0.39, 0.29) is 30.7 Å². The van der Waals surface area contributed by atoms with Crippen LogP contribution in [0.5, 0.6) is 0 Å². The van der Waals surface area contributed by atoms with E-state index >= 15 is 0 Å². The molecule has 0 spiro atoms. The molecule has 0 aliphatic carbocycles. The Labute approximate surface area is 215 Å². The third kappa shape index (κ3) is 9.22. The molecule has 0 aromatic heterocycles. The second-order valence-corrected chi connectivity index (χ2v) is 8.99. The Morgan fingerprint density at radius 1 is 0.972 bits per heavy atom. The van der Waals surface area contributed by atoms with Gasteiger partial charge < -0.3 is 14.2 Å². The minimum Gasteiger partial charge on any atom is -0.373 e. The predicted octanol–water partition coefficient (Wildman–Crippen LogP) is 4.90. The van der Waals surface area contributed by atoms with E-state index < -0.39 is 17.9 Å². The molecule has 0 fully saturated rings. The van der Waals surface area contributed by atoms with Crippen molar-refractivity contribution in [2.75, 3.05) is 20.8 Å². The molecule has 8 heteroatoms. The van der Waals surface area contributed by atoms with Crippen molar-refractivity contribution >= 4 is 23.4 Å². The van der Waals surface area contributed by atoms with E-state index in [1.165, 1.54) is 19.8 Å². The van der Waals surface area contributed by atoms with Crippen molar-refractivity contribution in [3.05, 3.63) is 34.9 Å². The Balaban J connectivity index is 0.000000402. The summed E-state index contributed by atoms with van der Waals surface area (Å²) in [6.07, 6.45) is 5.51. The maximum Gasteiger partial charge on any atom is 0.262 e. The number of Topliss-reactive ketones (excluding diaryl/α,β-unsaturated/α-hetero) is 2. The fourth-order valence-electron chi connectivity index (χ4n) is 3.93. The lowest BCUT2D eigenvalue weighted by Crippen LogP contribution is -2.44. The number of methoxy groups -OCH3 is 2. The molecule has 0 saturated carbocycles. The summed E-state index contributed by atoms with van der Waals surface area (Å²) in [4.78, 5) is 49.3. The van der Waals surface area contributed by atoms with Crippen LogP contribution in [0, 0.1) is 6.92 Å². The van der Waals surface area contributed by atoms with Gasteiger partial charge in [-0.25, -0.2) is 0 Å². The van der Waals surface area contributed by atoms with Crippen molar-refractivity contribution in [3.8, 4) is 0 Å². The van der Waals surface area contributed by atoms with Gasteiger partial charge in [0.05, 0.1) is 29.9 Å². The molecule has 1 heterocycles. The molecule has 1 aliphatic rings. The van der Waals surface area contributed by atoms with Gasteiger partial charge in [0, 0.05) is 27.1 Å². The molecule has 2 unspecified atom stereocenters. The Bertz CT molecular complexity index is 879. The quantitative estimate of drug-likeness (QED) is 0.247. The van der Waals surface area contributed by atoms with E-state index in [9.17, 15) is 19.2 Å². The molecule has 0 N–H and O–H groups in total. The highest BCUT2D eigenvalue weighted by Crippen LogP contribution is 2.27. The molecule has 0 radical (unpaired) electrons. The lowest BCUT2D eigenvalue weighted by atomic mass is 10.0. The number of carbonyl (C=O) groups is 4. The zero-order chi connectivity index (χ0) is 27.3. The monoisotopic (exact) mass is 505 g/mol. The number of amides is 2. The molecule has 2 rings (SSSR count). The summed E-state index contributed by atoms with van der Waals surface area (Å²) in [7, 11) is 3.26. The molecule has 36 heavy (non-hydrogen) atoms. The van der Waals surface area contributed by atoms with Crippen LogP contribution in [-0.2, 0) is 23.8 Å². The number of hydrogen-bond donors (Lipinski definition) is 0. The number of rotatable bonds is 15. The summed E-state index contributed by atoms with van der Waals surface area (Å²) in [5.74, 6) is -1.18. The summed E-state index contributed by atoms with van der Waals surface area (Å²) >= 11 is 0. The summed E-state index contributed by atoms with van der Waals surface area (Å²) in [6, 6.07) is 4.16. The molecule has 2 amide bonds. The van der Waals surface area contributed by atoms with Gasteiger partial charge in [-0.2, -0.15) is 0 Å². The Hall–Kier alpha value is -2.42. The standard InChI is InChI=1S/C17H19NO4.C11H24O3/c1-4-12(20)6-8-15(11(3)19)18-16(21)13-7-5-10(2)9-14(13)17(18)22;1-5-7-8-10(6-2)14-9-11(12-3)13-4/h5,7,9,15H,4,6,8H2,1-3H3;10-11H,5-9H2,1-4H3. The van der Waals surface area contributed by atoms with E-state index in [4.69, 9.17) is 14.2 Å². The Kier molecular flexibility index (Phi) is 14.4. The van der Waals surface area contributed by atoms with Crippen LogP contribution in [0.3, 0.4) is 0 Å². The van der Waals surface area contributed by atoms with Gasteiger partial charge in [-0.15, -0.1) is 0 Å². The first-order valence-electron chi connectivity index (χ1n) is 12.8. The predicted molar refractivity (Wildman–Crippen MR) is 138 cm³/mol. The van der Waals surface area contributed by atoms with Gasteiger partial charge in [-0.1, -0.05) is 45.2 Å². The normalized spacial score (nSPS) is 14.4. The molecule has 1 aromatic carbocycles. The largest absolute Gasteiger partial charge is 0.373 e. The van der Waals surface area contributed by atoms with Gasteiger partial charge in [-0.05, 0) is 45.2 Å². The van der Waals surface area contributed by atoms with Crippen molar-refractivity contribution in [1.82, 2.24) is 4.90 Å². The number of fused-ring (bicyclic) bond motifs is 1. The number of nitrogens with zero attached hydrogens (tertiary/aromatic N) is 1. The summed E-state index contributed by atoms with van der Waals surface area (Å²) in [5, 5.41) is 0. The number of ether oxygens (including phenoxy) is 3. The van der Waals surface area contributed by atoms with Gasteiger partial charge in [0.15, 0.2) is 12.1 Å². The number of unbranched alkanes of at least 4 members (excludes halogenated alkanes) is 1. The molecule has 1 aromatic rings. The maximum absolute atomic E-state index is 12.5. The van der Waals surface area contributed by atoms with Crippen LogP contribution >= 0.6 is 0 Å². The molecule has 8 nitrogen and oxygen atoms in total. The van der Waals surface area contributed by atoms with E-state index in [1.54, 1.807) is 39.3 Å². The number of imide groups is 1. The van der Waals surface area contributed by atoms with E-state index in [2.05, 4.69) is 13.8 Å². The van der Waals surface area contributed by atoms with Crippen LogP contribution in [0.2, 0.25) is 0 Å². The topological polar surface area (TPSA) is 99.2 Å². The minimum absolute atomic E-state index is 0.0127. The molecule has 0 bridgehead atoms. The van der Waals surface area contributed by atoms with Crippen LogP contribution in [0.25, 0.3) is 0 Å². The van der Waals surface area contributed by atoms with Gasteiger partial charge >= 0.3 is 0 Å². The second kappa shape index (κ2) is 16.3. The van der Waals surface area contributed by atoms with Crippen molar-refractivity contribution in [2.24, 2.45) is 0 Å². The van der Waals surface area contributed by atoms with E-state index in [0.717, 1.165) is 23.3 Å². The molecule has 0 saturated heterocycles. The lowest BCUT2D eigenvalue weighted by Gasteiger charge is -2.23. The van der Waals surface area contributed by atoms with E-state index in [1.807, 2.05) is 6.92 Å². The molecule has 1 aliphatic heterocycles. The van der Waals surface area contributed by atoms with Crippen LogP contribution in [0.4, 0.5) is 0 Å². The van der Waals surface area contributed by atoms with Crippen molar-refractivity contribution in [2.45, 2.75) is 98.0 Å². The summed E-state index contributed by atoms with van der Waals surface area (Å²) in [6.45, 7) is 9.79. The third-order valence-electron chi connectivity index (χ3n) is 6.27. The Morgan fingerprint density at radius 2 is 1.61 bits per heavy atom. The first kappa shape index (κ1) is 31.6. The average molecular weight is 506 g/mol. The molecule has 202 valence electrons. The maximum atomic E-state index is 12.5. The highest BCUT2D eigenvalue weighted by atomic mass is 16.7. The second-order valence-electron chi connectivity index (χ2n) is 8.99. The average Bonchev–Trinajstić information content (AvgIpc) is 3.11. The number of carbonyl (C=O) groups excluding carboxylic acids is 4. The summed E-state index contributed by atoms with van der Waals surface area (Å²) in [5.41, 5.74) is 1.53. The minimum atomic E-state index is -0.872. The molecular weight excluding hydrogens is 462 g/mol. The van der Waals surface area contributed by atoms with E-state index in [0.29, 0.717) is 30.3 Å². The number of benzene rings is 1. The van der Waals surface area contributed by atoms with Crippen molar-refractivity contribution < 1.29 is 33.4 Å². The van der Waals surface area contributed by atoms with Gasteiger partial charge in [0.25, 0.3) is 11.8 Å². The molecule has 2 atom stereocenters. The summed E-state index contributed by atoms with van der Waals surface area (Å²) < 4.78 is 15.8. The zero-order valence-corrected chi connectivity index (χ0v) is 22.9. The Morgan fingerprint density at radius 3 is 2.14 bits per heavy atom. The fraction of sp³-hybridized carbons (Fsp3) is 0.643. The first-order valence-corrected chi connectivity index (χ1v) is 12.8. The van der Waals surface area contributed by atoms with Crippen LogP contribution in [0.15, 0.2) is 18.2 Å². The highest BCUT2D eigenvalue weighted by Gasteiger charge is 2.41. The van der Waals surface area contributed by atoms with Crippen LogP contribution < -0.4 is 0 Å². The smallest absolute Gasteiger partial charge is 0.262 e. The fourth-order valence-corrected chi connectivity index (χ4v) is 3.93. The van der Waals surface area contributed by atoms with Gasteiger partial charge in [0.2, 0.25) is 0 Å². The number of hydrogen-bond acceptors (Lipinski definition) is 7. The zero-order valence-electron chi connectivity index (χ0n) is 22.9. The third-order valence-corrected chi connectivity index (χ3v) is 6.27. The lowest BCUT2D eigenvalue weighted by molar-refractivity contribution is -0.152. The van der Waals surface area contributed by atoms with Gasteiger partial charge in [-0.3, -0.25) is 24.1 Å². The number of ketones is 2. The van der Waals surface area contributed by atoms with Crippen LogP contribution in [0.1, 0.15) is 98.9 Å². The number of aryl methyl sites for hydroxylation is 1. The first-order chi connectivity index (χ1) is 17.1. The highest BCUT2D eigenvalue weighted by molar-refractivity contribution is 6.23. The molecular formula is C28H43NO7. The van der Waals surface area contributed by atoms with Crippen LogP contribution in [-0.4, -0.2) is 67.5 Å². The van der Waals surface area contributed by atoms with Crippen molar-refractivity contribution in [3.63, 3.8) is 0 Å².